The van der Waals surface area contributed by atoms with E-state index in [1.54, 1.807) is 12.1 Å². The molecule has 1 fully saturated rings. The normalized spacial score (nSPS) is 15.0. The van der Waals surface area contributed by atoms with Crippen molar-refractivity contribution < 1.29 is 18.3 Å². The van der Waals surface area contributed by atoms with Crippen LogP contribution in [0.2, 0.25) is 0 Å². The minimum atomic E-state index is -3.45. The zero-order valence-electron chi connectivity index (χ0n) is 11.9. The molecule has 116 valence electrons. The Bertz CT molecular complexity index is 576. The van der Waals surface area contributed by atoms with E-state index in [-0.39, 0.29) is 11.3 Å². The van der Waals surface area contributed by atoms with Crippen molar-refractivity contribution in [3.05, 3.63) is 29.8 Å². The molecule has 0 heterocycles. The zero-order valence-corrected chi connectivity index (χ0v) is 12.7. The van der Waals surface area contributed by atoms with E-state index in [4.69, 9.17) is 5.11 Å². The lowest BCUT2D eigenvalue weighted by Gasteiger charge is -2.07. The molecule has 21 heavy (non-hydrogen) atoms. The van der Waals surface area contributed by atoms with Crippen LogP contribution < -0.4 is 4.72 Å². The highest BCUT2D eigenvalue weighted by Crippen LogP contribution is 2.33. The van der Waals surface area contributed by atoms with Crippen molar-refractivity contribution in [3.63, 3.8) is 0 Å². The predicted molar refractivity (Wildman–Crippen MR) is 79.5 cm³/mol. The second kappa shape index (κ2) is 7.04. The van der Waals surface area contributed by atoms with Gasteiger partial charge in [-0.15, -0.1) is 0 Å². The van der Waals surface area contributed by atoms with Crippen LogP contribution in [0.4, 0.5) is 0 Å². The van der Waals surface area contributed by atoms with E-state index in [2.05, 4.69) is 4.72 Å². The van der Waals surface area contributed by atoms with Crippen LogP contribution in [-0.2, 0) is 21.2 Å². The molecule has 1 aliphatic rings. The maximum atomic E-state index is 12.1. The Labute approximate surface area is 125 Å². The van der Waals surface area contributed by atoms with Crippen LogP contribution in [0.25, 0.3) is 0 Å². The highest BCUT2D eigenvalue weighted by molar-refractivity contribution is 7.89. The van der Waals surface area contributed by atoms with E-state index in [1.807, 2.05) is 0 Å². The fourth-order valence-corrected chi connectivity index (χ4v) is 3.25. The first kappa shape index (κ1) is 16.0. The number of hydrogen-bond donors (Lipinski definition) is 2. The van der Waals surface area contributed by atoms with Crippen molar-refractivity contribution >= 4 is 16.0 Å². The SMILES string of the molecule is O=C(O)CCc1ccc(S(=O)(=O)NCCCC2CC2)cc1. The molecule has 0 atom stereocenters. The quantitative estimate of drug-likeness (QED) is 0.685. The van der Waals surface area contributed by atoms with Crippen molar-refractivity contribution in [1.82, 2.24) is 4.72 Å². The third kappa shape index (κ3) is 5.47. The number of benzene rings is 1. The summed E-state index contributed by atoms with van der Waals surface area (Å²) < 4.78 is 26.7. The number of aliphatic carboxylic acids is 1. The van der Waals surface area contributed by atoms with Crippen LogP contribution >= 0.6 is 0 Å². The maximum absolute atomic E-state index is 12.1. The van der Waals surface area contributed by atoms with E-state index in [0.29, 0.717) is 13.0 Å². The second-order valence-corrected chi connectivity index (χ2v) is 7.29. The molecule has 1 aromatic carbocycles. The number of carboxylic acids is 1. The first-order valence-electron chi connectivity index (χ1n) is 7.28. The van der Waals surface area contributed by atoms with Crippen LogP contribution in [0.5, 0.6) is 0 Å². The highest BCUT2D eigenvalue weighted by atomic mass is 32.2. The average molecular weight is 311 g/mol. The lowest BCUT2D eigenvalue weighted by Crippen LogP contribution is -2.24. The molecule has 0 aromatic heterocycles. The van der Waals surface area contributed by atoms with Crippen LogP contribution in [0.3, 0.4) is 0 Å². The van der Waals surface area contributed by atoms with Gasteiger partial charge in [-0.05, 0) is 42.9 Å². The van der Waals surface area contributed by atoms with Gasteiger partial charge in [0.25, 0.3) is 0 Å². The fourth-order valence-electron chi connectivity index (χ4n) is 2.17. The highest BCUT2D eigenvalue weighted by Gasteiger charge is 2.20. The average Bonchev–Trinajstić information content (AvgIpc) is 3.26. The van der Waals surface area contributed by atoms with Crippen LogP contribution in [0.1, 0.15) is 37.7 Å². The van der Waals surface area contributed by atoms with Crippen molar-refractivity contribution in [2.45, 2.75) is 43.4 Å². The number of carbonyl (C=O) groups is 1. The summed E-state index contributed by atoms with van der Waals surface area (Å²) in [7, 11) is -3.45. The third-order valence-electron chi connectivity index (χ3n) is 3.64. The smallest absolute Gasteiger partial charge is 0.303 e. The lowest BCUT2D eigenvalue weighted by molar-refractivity contribution is -0.136. The molecule has 0 spiro atoms. The molecular formula is C15H21NO4S. The first-order chi connectivity index (χ1) is 9.97. The Morgan fingerprint density at radius 1 is 1.24 bits per heavy atom. The Morgan fingerprint density at radius 2 is 1.90 bits per heavy atom. The monoisotopic (exact) mass is 311 g/mol. The minimum Gasteiger partial charge on any atom is -0.481 e. The van der Waals surface area contributed by atoms with E-state index in [1.165, 1.54) is 25.0 Å². The molecule has 1 aromatic rings. The molecule has 2 rings (SSSR count). The van der Waals surface area contributed by atoms with E-state index >= 15 is 0 Å². The molecule has 1 aliphatic carbocycles. The number of sulfonamides is 1. The molecule has 0 saturated heterocycles. The number of carboxylic acid groups (broad SMARTS) is 1. The van der Waals surface area contributed by atoms with Crippen LogP contribution in [-0.4, -0.2) is 26.0 Å². The van der Waals surface area contributed by atoms with Crippen molar-refractivity contribution in [2.75, 3.05) is 6.54 Å². The van der Waals surface area contributed by atoms with Gasteiger partial charge in [0.05, 0.1) is 4.90 Å². The number of rotatable bonds is 9. The van der Waals surface area contributed by atoms with Gasteiger partial charge < -0.3 is 5.11 Å². The lowest BCUT2D eigenvalue weighted by atomic mass is 10.1. The maximum Gasteiger partial charge on any atom is 0.303 e. The third-order valence-corrected chi connectivity index (χ3v) is 5.12. The van der Waals surface area contributed by atoms with Gasteiger partial charge in [0, 0.05) is 13.0 Å². The fraction of sp³-hybridized carbons (Fsp3) is 0.533. The summed E-state index contributed by atoms with van der Waals surface area (Å²) in [6, 6.07) is 6.39. The summed E-state index contributed by atoms with van der Waals surface area (Å²) in [6.45, 7) is 0.472. The molecule has 0 amide bonds. The summed E-state index contributed by atoms with van der Waals surface area (Å²) in [5.41, 5.74) is 0.824. The topological polar surface area (TPSA) is 83.5 Å². The Balaban J connectivity index is 1.84. The van der Waals surface area contributed by atoms with Gasteiger partial charge in [-0.3, -0.25) is 4.79 Å². The predicted octanol–water partition coefficient (Wildman–Crippen LogP) is 2.17. The molecular weight excluding hydrogens is 290 g/mol. The van der Waals surface area contributed by atoms with Gasteiger partial charge in [0.15, 0.2) is 0 Å². The molecule has 0 radical (unpaired) electrons. The number of hydrogen-bond acceptors (Lipinski definition) is 3. The van der Waals surface area contributed by atoms with Gasteiger partial charge in [-0.2, -0.15) is 0 Å². The Kier molecular flexibility index (Phi) is 5.36. The zero-order chi connectivity index (χ0) is 15.3. The second-order valence-electron chi connectivity index (χ2n) is 5.52. The number of aryl methyl sites for hydroxylation is 1. The summed E-state index contributed by atoms with van der Waals surface area (Å²) in [5, 5.41) is 8.62. The molecule has 6 heteroatoms. The molecule has 1 saturated carbocycles. The van der Waals surface area contributed by atoms with E-state index in [0.717, 1.165) is 24.3 Å². The van der Waals surface area contributed by atoms with Crippen molar-refractivity contribution in [1.29, 1.82) is 0 Å². The Hall–Kier alpha value is -1.40. The van der Waals surface area contributed by atoms with Crippen molar-refractivity contribution in [3.8, 4) is 0 Å². The summed E-state index contributed by atoms with van der Waals surface area (Å²) in [5.74, 6) is -0.0490. The molecule has 0 bridgehead atoms. The summed E-state index contributed by atoms with van der Waals surface area (Å²) in [6.07, 6.45) is 4.99. The van der Waals surface area contributed by atoms with Crippen molar-refractivity contribution in [2.24, 2.45) is 5.92 Å². The van der Waals surface area contributed by atoms with Gasteiger partial charge in [0.1, 0.15) is 0 Å². The summed E-state index contributed by atoms with van der Waals surface area (Å²) >= 11 is 0. The van der Waals surface area contributed by atoms with E-state index < -0.39 is 16.0 Å². The molecule has 0 aliphatic heterocycles. The van der Waals surface area contributed by atoms with Crippen LogP contribution in [0.15, 0.2) is 29.2 Å². The molecule has 2 N–H and O–H groups in total. The van der Waals surface area contributed by atoms with Gasteiger partial charge >= 0.3 is 5.97 Å². The minimum absolute atomic E-state index is 0.0471. The summed E-state index contributed by atoms with van der Waals surface area (Å²) in [4.78, 5) is 10.7. The molecule has 5 nitrogen and oxygen atoms in total. The first-order valence-corrected chi connectivity index (χ1v) is 8.76. The molecule has 0 unspecified atom stereocenters. The van der Waals surface area contributed by atoms with Gasteiger partial charge in [0.2, 0.25) is 10.0 Å². The van der Waals surface area contributed by atoms with Gasteiger partial charge in [-0.1, -0.05) is 25.0 Å². The number of nitrogens with one attached hydrogen (secondary N) is 1. The largest absolute Gasteiger partial charge is 0.481 e. The van der Waals surface area contributed by atoms with E-state index in [9.17, 15) is 13.2 Å². The van der Waals surface area contributed by atoms with Crippen LogP contribution in [0, 0.1) is 5.92 Å². The Morgan fingerprint density at radius 3 is 2.48 bits per heavy atom. The standard InChI is InChI=1S/C15H21NO4S/c17-15(18)10-7-13-5-8-14(9-6-13)21(19,20)16-11-1-2-12-3-4-12/h5-6,8-9,12,16H,1-4,7,10-11H2,(H,17,18). The van der Waals surface area contributed by atoms with Gasteiger partial charge in [-0.25, -0.2) is 13.1 Å².